The molecule has 2 fully saturated rings. The van der Waals surface area contributed by atoms with Gasteiger partial charge in [0.15, 0.2) is 9.84 Å². The lowest BCUT2D eigenvalue weighted by atomic mass is 10.1. The number of ether oxygens (including phenoxy) is 1. The fourth-order valence-electron chi connectivity index (χ4n) is 5.02. The Morgan fingerprint density at radius 3 is 2.57 bits per heavy atom. The lowest BCUT2D eigenvalue weighted by molar-refractivity contribution is -0.126. The second kappa shape index (κ2) is 10.2. The lowest BCUT2D eigenvalue weighted by Gasteiger charge is -2.25. The van der Waals surface area contributed by atoms with Crippen LogP contribution in [0.2, 0.25) is 0 Å². The third kappa shape index (κ3) is 5.82. The van der Waals surface area contributed by atoms with Crippen LogP contribution in [-0.2, 0) is 21.2 Å². The maximum absolute atomic E-state index is 13.3. The highest BCUT2D eigenvalue weighted by atomic mass is 32.2. The molecule has 184 valence electrons. The van der Waals surface area contributed by atoms with Crippen molar-refractivity contribution < 1.29 is 17.9 Å². The van der Waals surface area contributed by atoms with Crippen LogP contribution in [0.15, 0.2) is 71.6 Å². The summed E-state index contributed by atoms with van der Waals surface area (Å²) in [5, 5.41) is 5.67. The van der Waals surface area contributed by atoms with Gasteiger partial charge in [0.05, 0.1) is 24.7 Å². The van der Waals surface area contributed by atoms with E-state index < -0.39 is 9.84 Å². The number of hydrogen-bond donors (Lipinski definition) is 1. The molecule has 3 aromatic carbocycles. The lowest BCUT2D eigenvalue weighted by Crippen LogP contribution is -2.47. The molecule has 2 aliphatic heterocycles. The number of sulfone groups is 1. The van der Waals surface area contributed by atoms with E-state index in [0.29, 0.717) is 13.0 Å². The van der Waals surface area contributed by atoms with E-state index in [0.717, 1.165) is 23.6 Å². The van der Waals surface area contributed by atoms with Gasteiger partial charge in [-0.15, -0.1) is 11.8 Å². The van der Waals surface area contributed by atoms with Crippen molar-refractivity contribution in [1.29, 1.82) is 0 Å². The molecule has 5 rings (SSSR count). The quantitative estimate of drug-likeness (QED) is 0.520. The van der Waals surface area contributed by atoms with E-state index in [1.54, 1.807) is 18.9 Å². The maximum Gasteiger partial charge on any atom is 0.237 e. The predicted molar refractivity (Wildman–Crippen MR) is 141 cm³/mol. The summed E-state index contributed by atoms with van der Waals surface area (Å²) >= 11 is 1.78. The Morgan fingerprint density at radius 2 is 1.86 bits per heavy atom. The molecular formula is C27H30N2O4S2. The molecule has 3 aromatic rings. The smallest absolute Gasteiger partial charge is 0.237 e. The number of methoxy groups -OCH3 is 1. The van der Waals surface area contributed by atoms with Gasteiger partial charge in [0.1, 0.15) is 5.75 Å². The van der Waals surface area contributed by atoms with Gasteiger partial charge in [-0.3, -0.25) is 9.69 Å². The van der Waals surface area contributed by atoms with E-state index in [1.807, 2.05) is 36.4 Å². The van der Waals surface area contributed by atoms with Crippen LogP contribution in [0, 0.1) is 0 Å². The van der Waals surface area contributed by atoms with Gasteiger partial charge in [0.25, 0.3) is 0 Å². The zero-order valence-corrected chi connectivity index (χ0v) is 21.4. The maximum atomic E-state index is 13.3. The molecule has 0 aliphatic carbocycles. The predicted octanol–water partition coefficient (Wildman–Crippen LogP) is 3.89. The molecule has 1 amide bonds. The van der Waals surface area contributed by atoms with Gasteiger partial charge in [-0.25, -0.2) is 8.42 Å². The molecule has 3 atom stereocenters. The molecule has 8 heteroatoms. The first-order chi connectivity index (χ1) is 16.9. The minimum atomic E-state index is -3.05. The highest BCUT2D eigenvalue weighted by Gasteiger charge is 2.39. The molecule has 2 saturated heterocycles. The molecule has 0 spiro atoms. The van der Waals surface area contributed by atoms with Gasteiger partial charge in [-0.2, -0.15) is 0 Å². The first-order valence-corrected chi connectivity index (χ1v) is 14.6. The Balaban J connectivity index is 1.33. The standard InChI is InChI=1S/C27H30N2O4S2/c1-33-23-8-10-24(11-9-23)34-25-15-26(27(30)28-22-12-13-35(31,32)18-22)29(17-25)16-19-6-7-20-4-2-3-5-21(20)14-19/h2-11,14,22,25-26H,12-13,15-18H2,1H3,(H,28,30)/t22-,25+,26-/m0/s1. The molecule has 2 aliphatic rings. The first kappa shape index (κ1) is 24.2. The molecular weight excluding hydrogens is 480 g/mol. The minimum absolute atomic E-state index is 0.0418. The number of thioether (sulfide) groups is 1. The molecule has 35 heavy (non-hydrogen) atoms. The van der Waals surface area contributed by atoms with Crippen LogP contribution in [0.25, 0.3) is 10.8 Å². The summed E-state index contributed by atoms with van der Waals surface area (Å²) in [4.78, 5) is 16.7. The van der Waals surface area contributed by atoms with E-state index in [4.69, 9.17) is 4.74 Å². The third-order valence-corrected chi connectivity index (χ3v) is 9.80. The van der Waals surface area contributed by atoms with Crippen molar-refractivity contribution in [3.63, 3.8) is 0 Å². The topological polar surface area (TPSA) is 75.7 Å². The van der Waals surface area contributed by atoms with Crippen LogP contribution >= 0.6 is 11.8 Å². The number of carbonyl (C=O) groups excluding carboxylic acids is 1. The summed E-state index contributed by atoms with van der Waals surface area (Å²) in [6, 6.07) is 22.2. The number of rotatable bonds is 7. The van der Waals surface area contributed by atoms with E-state index >= 15 is 0 Å². The average molecular weight is 511 g/mol. The number of carbonyl (C=O) groups is 1. The van der Waals surface area contributed by atoms with Gasteiger partial charge in [0.2, 0.25) is 5.91 Å². The molecule has 1 N–H and O–H groups in total. The number of likely N-dealkylation sites (tertiary alicyclic amines) is 1. The average Bonchev–Trinajstić information content (AvgIpc) is 3.41. The van der Waals surface area contributed by atoms with Gasteiger partial charge in [-0.1, -0.05) is 36.4 Å². The van der Waals surface area contributed by atoms with Crippen LogP contribution in [0.4, 0.5) is 0 Å². The van der Waals surface area contributed by atoms with Gasteiger partial charge >= 0.3 is 0 Å². The molecule has 6 nitrogen and oxygen atoms in total. The van der Waals surface area contributed by atoms with Crippen molar-refractivity contribution >= 4 is 38.3 Å². The van der Waals surface area contributed by atoms with Crippen LogP contribution in [-0.4, -0.2) is 61.7 Å². The normalized spacial score (nSPS) is 24.0. The van der Waals surface area contributed by atoms with E-state index in [-0.39, 0.29) is 34.7 Å². The van der Waals surface area contributed by atoms with Crippen LogP contribution in [0.1, 0.15) is 18.4 Å². The van der Waals surface area contributed by atoms with Crippen molar-refractivity contribution in [2.45, 2.75) is 41.6 Å². The summed E-state index contributed by atoms with van der Waals surface area (Å²) in [5.41, 5.74) is 1.17. The van der Waals surface area contributed by atoms with Crippen molar-refractivity contribution in [1.82, 2.24) is 10.2 Å². The summed E-state index contributed by atoms with van der Waals surface area (Å²) in [6.07, 6.45) is 1.21. The molecule has 0 aromatic heterocycles. The Labute approximate surface area is 211 Å². The summed E-state index contributed by atoms with van der Waals surface area (Å²) in [6.45, 7) is 1.45. The molecule has 0 radical (unpaired) electrons. The minimum Gasteiger partial charge on any atom is -0.497 e. The van der Waals surface area contributed by atoms with Crippen molar-refractivity contribution in [2.24, 2.45) is 0 Å². The Morgan fingerprint density at radius 1 is 1.09 bits per heavy atom. The third-order valence-electron chi connectivity index (χ3n) is 6.81. The number of amides is 1. The number of fused-ring (bicyclic) bond motifs is 1. The summed E-state index contributed by atoms with van der Waals surface area (Å²) in [7, 11) is -1.39. The highest BCUT2D eigenvalue weighted by Crippen LogP contribution is 2.35. The molecule has 0 bridgehead atoms. The van der Waals surface area contributed by atoms with Gasteiger partial charge < -0.3 is 10.1 Å². The van der Waals surface area contributed by atoms with E-state index in [1.165, 1.54) is 16.3 Å². The second-order valence-corrected chi connectivity index (χ2v) is 13.0. The van der Waals surface area contributed by atoms with Crippen LogP contribution in [0.3, 0.4) is 0 Å². The summed E-state index contributed by atoms with van der Waals surface area (Å²) < 4.78 is 29.0. The number of hydrogen-bond acceptors (Lipinski definition) is 6. The zero-order chi connectivity index (χ0) is 24.4. The van der Waals surface area contributed by atoms with Crippen molar-refractivity contribution in [2.75, 3.05) is 25.2 Å². The van der Waals surface area contributed by atoms with E-state index in [9.17, 15) is 13.2 Å². The van der Waals surface area contributed by atoms with Crippen LogP contribution < -0.4 is 10.1 Å². The van der Waals surface area contributed by atoms with Crippen molar-refractivity contribution in [3.05, 3.63) is 72.3 Å². The summed E-state index contributed by atoms with van der Waals surface area (Å²) in [5.74, 6) is 0.952. The molecule has 0 saturated carbocycles. The SMILES string of the molecule is COc1ccc(S[C@@H]2C[C@@H](C(=O)N[C@H]3CCS(=O)(=O)C3)N(Cc3ccc4ccccc4c3)C2)cc1. The zero-order valence-electron chi connectivity index (χ0n) is 19.7. The van der Waals surface area contributed by atoms with E-state index in [2.05, 4.69) is 40.5 Å². The van der Waals surface area contributed by atoms with Gasteiger partial charge in [0, 0.05) is 29.3 Å². The number of nitrogens with zero attached hydrogens (tertiary/aromatic N) is 1. The van der Waals surface area contributed by atoms with Crippen molar-refractivity contribution in [3.8, 4) is 5.75 Å². The molecule has 2 heterocycles. The van der Waals surface area contributed by atoms with Crippen LogP contribution in [0.5, 0.6) is 5.75 Å². The number of benzene rings is 3. The van der Waals surface area contributed by atoms with Gasteiger partial charge in [-0.05, 0) is 59.5 Å². The fraction of sp³-hybridized carbons (Fsp3) is 0.370. The second-order valence-electron chi connectivity index (χ2n) is 9.39. The first-order valence-electron chi connectivity index (χ1n) is 11.9. The molecule has 0 unspecified atom stereocenters. The Kier molecular flexibility index (Phi) is 7.05. The highest BCUT2D eigenvalue weighted by molar-refractivity contribution is 8.00. The monoisotopic (exact) mass is 510 g/mol. The Hall–Kier alpha value is -2.55. The fourth-order valence-corrected chi connectivity index (χ4v) is 7.92. The largest absolute Gasteiger partial charge is 0.497 e. The Bertz CT molecular complexity index is 1310. The number of nitrogens with one attached hydrogen (secondary N) is 1.